The van der Waals surface area contributed by atoms with E-state index in [-0.39, 0.29) is 0 Å². The summed E-state index contributed by atoms with van der Waals surface area (Å²) in [4.78, 5) is 4.06. The molecule has 2 heteroatoms. The van der Waals surface area contributed by atoms with Crippen molar-refractivity contribution in [1.82, 2.24) is 4.98 Å². The van der Waals surface area contributed by atoms with Crippen LogP contribution in [0.4, 0.5) is 0 Å². The summed E-state index contributed by atoms with van der Waals surface area (Å²) >= 11 is 0. The minimum absolute atomic E-state index is 0.577. The van der Waals surface area contributed by atoms with Crippen molar-refractivity contribution < 1.29 is 5.11 Å². The Morgan fingerprint density at radius 1 is 0.889 bits per heavy atom. The van der Waals surface area contributed by atoms with Gasteiger partial charge in [0.2, 0.25) is 0 Å². The SMILES string of the molecule is Cc1cc(C)c(C(O)c2ccncc2C)cc1C. The van der Waals surface area contributed by atoms with E-state index in [9.17, 15) is 5.11 Å². The molecule has 0 saturated carbocycles. The van der Waals surface area contributed by atoms with Gasteiger partial charge in [0, 0.05) is 12.4 Å². The molecule has 0 bridgehead atoms. The standard InChI is InChI=1S/C16H19NO/c1-10-7-12(3)15(8-11(10)2)16(18)14-5-6-17-9-13(14)4/h5-9,16,18H,1-4H3. The number of nitrogens with zero attached hydrogens (tertiary/aromatic N) is 1. The molecular weight excluding hydrogens is 222 g/mol. The zero-order valence-electron chi connectivity index (χ0n) is 11.4. The van der Waals surface area contributed by atoms with Crippen LogP contribution in [0.2, 0.25) is 0 Å². The van der Waals surface area contributed by atoms with E-state index in [2.05, 4.69) is 31.0 Å². The van der Waals surface area contributed by atoms with Crippen LogP contribution < -0.4 is 0 Å². The molecule has 1 N–H and O–H groups in total. The highest BCUT2D eigenvalue weighted by Gasteiger charge is 2.15. The third-order valence-corrected chi connectivity index (χ3v) is 3.54. The van der Waals surface area contributed by atoms with Crippen molar-refractivity contribution in [3.63, 3.8) is 0 Å². The molecule has 1 aromatic heterocycles. The lowest BCUT2D eigenvalue weighted by molar-refractivity contribution is 0.218. The number of benzene rings is 1. The van der Waals surface area contributed by atoms with Crippen molar-refractivity contribution in [2.24, 2.45) is 0 Å². The van der Waals surface area contributed by atoms with Gasteiger partial charge in [0.05, 0.1) is 0 Å². The Morgan fingerprint density at radius 3 is 2.22 bits per heavy atom. The fourth-order valence-corrected chi connectivity index (χ4v) is 2.24. The predicted octanol–water partition coefficient (Wildman–Crippen LogP) is 3.40. The van der Waals surface area contributed by atoms with Gasteiger partial charge in [0.25, 0.3) is 0 Å². The Balaban J connectivity index is 2.50. The first-order valence-corrected chi connectivity index (χ1v) is 6.17. The van der Waals surface area contributed by atoms with Gasteiger partial charge in [0.1, 0.15) is 6.10 Å². The van der Waals surface area contributed by atoms with E-state index in [1.165, 1.54) is 11.1 Å². The molecule has 18 heavy (non-hydrogen) atoms. The zero-order valence-corrected chi connectivity index (χ0v) is 11.4. The van der Waals surface area contributed by atoms with Crippen molar-refractivity contribution in [2.75, 3.05) is 0 Å². The first-order chi connectivity index (χ1) is 8.50. The minimum atomic E-state index is -0.577. The maximum Gasteiger partial charge on any atom is 0.105 e. The molecule has 0 amide bonds. The zero-order chi connectivity index (χ0) is 13.3. The lowest BCUT2D eigenvalue weighted by atomic mass is 9.92. The summed E-state index contributed by atoms with van der Waals surface area (Å²) in [5.41, 5.74) is 6.52. The van der Waals surface area contributed by atoms with Crippen molar-refractivity contribution in [2.45, 2.75) is 33.8 Å². The average molecular weight is 241 g/mol. The van der Waals surface area contributed by atoms with Gasteiger partial charge in [-0.15, -0.1) is 0 Å². The monoisotopic (exact) mass is 241 g/mol. The van der Waals surface area contributed by atoms with Gasteiger partial charge in [0.15, 0.2) is 0 Å². The van der Waals surface area contributed by atoms with Crippen molar-refractivity contribution in [1.29, 1.82) is 0 Å². The largest absolute Gasteiger partial charge is 0.384 e. The molecule has 0 fully saturated rings. The molecule has 0 aliphatic heterocycles. The molecule has 0 saturated heterocycles. The minimum Gasteiger partial charge on any atom is -0.384 e. The molecular formula is C16H19NO. The molecule has 94 valence electrons. The molecule has 2 nitrogen and oxygen atoms in total. The number of aliphatic hydroxyl groups is 1. The van der Waals surface area contributed by atoms with Gasteiger partial charge >= 0.3 is 0 Å². The second kappa shape index (κ2) is 4.91. The topological polar surface area (TPSA) is 33.1 Å². The summed E-state index contributed by atoms with van der Waals surface area (Å²) in [7, 11) is 0. The summed E-state index contributed by atoms with van der Waals surface area (Å²) in [5, 5.41) is 10.5. The van der Waals surface area contributed by atoms with Crippen LogP contribution in [-0.2, 0) is 0 Å². The Labute approximate surface area is 108 Å². The van der Waals surface area contributed by atoms with Crippen LogP contribution in [0, 0.1) is 27.7 Å². The molecule has 1 heterocycles. The smallest absolute Gasteiger partial charge is 0.105 e. The summed E-state index contributed by atoms with van der Waals surface area (Å²) < 4.78 is 0. The van der Waals surface area contributed by atoms with E-state index in [1.54, 1.807) is 12.4 Å². The Kier molecular flexibility index (Phi) is 3.48. The van der Waals surface area contributed by atoms with Gasteiger partial charge in [-0.05, 0) is 67.1 Å². The third kappa shape index (κ3) is 2.29. The fraction of sp³-hybridized carbons (Fsp3) is 0.312. The van der Waals surface area contributed by atoms with Gasteiger partial charge in [-0.1, -0.05) is 12.1 Å². The van der Waals surface area contributed by atoms with E-state index in [0.717, 1.165) is 22.3 Å². The summed E-state index contributed by atoms with van der Waals surface area (Å²) in [6.45, 7) is 8.18. The molecule has 0 spiro atoms. The number of aromatic nitrogens is 1. The number of aliphatic hydroxyl groups excluding tert-OH is 1. The van der Waals surface area contributed by atoms with Crippen LogP contribution in [0.1, 0.15) is 39.5 Å². The van der Waals surface area contributed by atoms with Gasteiger partial charge < -0.3 is 5.11 Å². The number of hydrogen-bond donors (Lipinski definition) is 1. The van der Waals surface area contributed by atoms with Gasteiger partial charge in [-0.3, -0.25) is 4.98 Å². The van der Waals surface area contributed by atoms with Gasteiger partial charge in [-0.25, -0.2) is 0 Å². The third-order valence-electron chi connectivity index (χ3n) is 3.54. The molecule has 0 radical (unpaired) electrons. The summed E-state index contributed by atoms with van der Waals surface area (Å²) in [6, 6.07) is 6.09. The molecule has 2 rings (SSSR count). The molecule has 0 aliphatic rings. The lowest BCUT2D eigenvalue weighted by Crippen LogP contribution is -2.05. The number of rotatable bonds is 2. The summed E-state index contributed by atoms with van der Waals surface area (Å²) in [5.74, 6) is 0. The highest BCUT2D eigenvalue weighted by Crippen LogP contribution is 2.28. The van der Waals surface area contributed by atoms with E-state index < -0.39 is 6.10 Å². The van der Waals surface area contributed by atoms with E-state index in [0.29, 0.717) is 0 Å². The average Bonchev–Trinajstić information content (AvgIpc) is 2.33. The second-order valence-electron chi connectivity index (χ2n) is 4.93. The van der Waals surface area contributed by atoms with E-state index >= 15 is 0 Å². The molecule has 1 atom stereocenters. The van der Waals surface area contributed by atoms with Gasteiger partial charge in [-0.2, -0.15) is 0 Å². The normalized spacial score (nSPS) is 12.5. The highest BCUT2D eigenvalue weighted by atomic mass is 16.3. The Hall–Kier alpha value is -1.67. The highest BCUT2D eigenvalue weighted by molar-refractivity contribution is 5.42. The quantitative estimate of drug-likeness (QED) is 0.874. The second-order valence-corrected chi connectivity index (χ2v) is 4.93. The number of pyridine rings is 1. The van der Waals surface area contributed by atoms with Crippen LogP contribution in [0.15, 0.2) is 30.6 Å². The van der Waals surface area contributed by atoms with Crippen LogP contribution >= 0.6 is 0 Å². The lowest BCUT2D eigenvalue weighted by Gasteiger charge is -2.17. The van der Waals surface area contributed by atoms with E-state index in [4.69, 9.17) is 0 Å². The molecule has 1 aromatic carbocycles. The number of hydrogen-bond acceptors (Lipinski definition) is 2. The Morgan fingerprint density at radius 2 is 1.56 bits per heavy atom. The maximum absolute atomic E-state index is 10.5. The summed E-state index contributed by atoms with van der Waals surface area (Å²) in [6.07, 6.45) is 2.93. The maximum atomic E-state index is 10.5. The molecule has 1 unspecified atom stereocenters. The van der Waals surface area contributed by atoms with Crippen molar-refractivity contribution in [3.8, 4) is 0 Å². The van der Waals surface area contributed by atoms with Crippen LogP contribution in [-0.4, -0.2) is 10.1 Å². The van der Waals surface area contributed by atoms with Crippen LogP contribution in [0.5, 0.6) is 0 Å². The van der Waals surface area contributed by atoms with Crippen LogP contribution in [0.3, 0.4) is 0 Å². The first-order valence-electron chi connectivity index (χ1n) is 6.17. The first kappa shape index (κ1) is 12.8. The van der Waals surface area contributed by atoms with Crippen molar-refractivity contribution >= 4 is 0 Å². The molecule has 2 aromatic rings. The van der Waals surface area contributed by atoms with Crippen LogP contribution in [0.25, 0.3) is 0 Å². The van der Waals surface area contributed by atoms with E-state index in [1.807, 2.05) is 19.9 Å². The Bertz CT molecular complexity index is 575. The number of aryl methyl sites for hydroxylation is 4. The van der Waals surface area contributed by atoms with Crippen molar-refractivity contribution in [3.05, 3.63) is 64.0 Å². The predicted molar refractivity (Wildman–Crippen MR) is 73.7 cm³/mol. The molecule has 0 aliphatic carbocycles. The fourth-order valence-electron chi connectivity index (χ4n) is 2.24.